The topological polar surface area (TPSA) is 119 Å². The fraction of sp³-hybridized carbons (Fsp3) is 0.476. The van der Waals surface area contributed by atoms with Gasteiger partial charge in [0.1, 0.15) is 6.33 Å². The summed E-state index contributed by atoms with van der Waals surface area (Å²) < 4.78 is 5.21. The smallest absolute Gasteiger partial charge is 0.353 e. The molecule has 30 heavy (non-hydrogen) atoms. The van der Waals surface area contributed by atoms with Gasteiger partial charge in [-0.05, 0) is 43.0 Å². The van der Waals surface area contributed by atoms with Crippen molar-refractivity contribution in [2.75, 3.05) is 17.2 Å². The van der Waals surface area contributed by atoms with Crippen molar-refractivity contribution in [3.8, 4) is 0 Å². The third-order valence-electron chi connectivity index (χ3n) is 4.88. The lowest BCUT2D eigenvalue weighted by molar-refractivity contribution is -0.383. The summed E-state index contributed by atoms with van der Waals surface area (Å²) in [5.74, 6) is 0.175. The summed E-state index contributed by atoms with van der Waals surface area (Å²) in [6.07, 6.45) is 6.65. The van der Waals surface area contributed by atoms with Crippen molar-refractivity contribution in [1.29, 1.82) is 0 Å². The molecule has 2 N–H and O–H groups in total. The number of hydrogen-bond acceptors (Lipinski definition) is 8. The molecule has 160 valence electrons. The van der Waals surface area contributed by atoms with E-state index < -0.39 is 10.9 Å². The number of nitro groups is 1. The molecule has 2 aromatic rings. The van der Waals surface area contributed by atoms with Crippen LogP contribution >= 0.6 is 0 Å². The monoisotopic (exact) mass is 413 g/mol. The van der Waals surface area contributed by atoms with E-state index in [2.05, 4.69) is 20.6 Å². The number of nitrogens with one attached hydrogen (secondary N) is 2. The van der Waals surface area contributed by atoms with Gasteiger partial charge < -0.3 is 15.4 Å². The van der Waals surface area contributed by atoms with Crippen molar-refractivity contribution >= 4 is 29.0 Å². The minimum Gasteiger partial charge on any atom is -0.462 e. The zero-order valence-electron chi connectivity index (χ0n) is 17.3. The molecule has 0 amide bonds. The third-order valence-corrected chi connectivity index (χ3v) is 4.88. The number of aromatic nitrogens is 2. The van der Waals surface area contributed by atoms with Crippen LogP contribution in [-0.2, 0) is 4.74 Å². The highest BCUT2D eigenvalue weighted by Crippen LogP contribution is 2.33. The number of esters is 1. The predicted octanol–water partition coefficient (Wildman–Crippen LogP) is 4.69. The first-order chi connectivity index (χ1) is 14.4. The second-order valence-electron chi connectivity index (χ2n) is 7.85. The van der Waals surface area contributed by atoms with Gasteiger partial charge >= 0.3 is 11.7 Å². The molecule has 1 fully saturated rings. The summed E-state index contributed by atoms with van der Waals surface area (Å²) in [6, 6.07) is 6.72. The zero-order valence-corrected chi connectivity index (χ0v) is 17.3. The fourth-order valence-electron chi connectivity index (χ4n) is 3.34. The van der Waals surface area contributed by atoms with E-state index >= 15 is 0 Å². The molecule has 0 atom stereocenters. The molecule has 9 nitrogen and oxygen atoms in total. The van der Waals surface area contributed by atoms with Crippen LogP contribution in [0.2, 0.25) is 0 Å². The highest BCUT2D eigenvalue weighted by atomic mass is 16.6. The number of anilines is 3. The molecular formula is C21H27N5O4. The van der Waals surface area contributed by atoms with E-state index in [0.717, 1.165) is 25.7 Å². The highest BCUT2D eigenvalue weighted by molar-refractivity contribution is 5.90. The van der Waals surface area contributed by atoms with Gasteiger partial charge in [-0.3, -0.25) is 10.1 Å². The Labute approximate surface area is 175 Å². The Kier molecular flexibility index (Phi) is 7.16. The van der Waals surface area contributed by atoms with Crippen LogP contribution in [0.1, 0.15) is 56.3 Å². The lowest BCUT2D eigenvalue weighted by atomic mass is 9.95. The van der Waals surface area contributed by atoms with E-state index in [0.29, 0.717) is 17.9 Å². The van der Waals surface area contributed by atoms with Gasteiger partial charge in [0.2, 0.25) is 11.6 Å². The summed E-state index contributed by atoms with van der Waals surface area (Å²) in [7, 11) is 0. The number of rotatable bonds is 8. The molecule has 0 bridgehead atoms. The first kappa shape index (κ1) is 21.5. The summed E-state index contributed by atoms with van der Waals surface area (Å²) >= 11 is 0. The largest absolute Gasteiger partial charge is 0.462 e. The first-order valence-electron chi connectivity index (χ1n) is 10.2. The van der Waals surface area contributed by atoms with Gasteiger partial charge in [0.25, 0.3) is 0 Å². The maximum absolute atomic E-state index is 12.0. The number of benzene rings is 1. The molecule has 1 aromatic heterocycles. The molecule has 1 saturated carbocycles. The Hall–Kier alpha value is -3.23. The molecule has 1 aliphatic carbocycles. The molecule has 1 aliphatic rings. The van der Waals surface area contributed by atoms with E-state index in [1.54, 1.807) is 24.3 Å². The third kappa shape index (κ3) is 5.65. The SMILES string of the molecule is CC(C)COC(=O)c1ccc(Nc2ncnc(NC3CCCCC3)c2[N+](=O)[O-])cc1. The molecule has 3 rings (SSSR count). The van der Waals surface area contributed by atoms with Crippen LogP contribution in [0.15, 0.2) is 30.6 Å². The minimum absolute atomic E-state index is 0.100. The molecule has 1 aromatic carbocycles. The van der Waals surface area contributed by atoms with Crippen LogP contribution in [0.4, 0.5) is 23.0 Å². The Morgan fingerprint density at radius 2 is 1.83 bits per heavy atom. The standard InChI is InChI=1S/C21H27N5O4/c1-14(2)12-30-21(27)15-8-10-17(11-9-15)25-20-18(26(28)29)19(22-13-23-20)24-16-6-4-3-5-7-16/h8-11,13-14,16H,3-7,12H2,1-2H3,(H2,22,23,24,25). The molecule has 9 heteroatoms. The second kappa shape index (κ2) is 10.00. The maximum atomic E-state index is 12.0. The maximum Gasteiger partial charge on any atom is 0.353 e. The number of hydrogen-bond donors (Lipinski definition) is 2. The Bertz CT molecular complexity index is 879. The van der Waals surface area contributed by atoms with Crippen LogP contribution < -0.4 is 10.6 Å². The van der Waals surface area contributed by atoms with Gasteiger partial charge in [-0.2, -0.15) is 0 Å². The number of carbonyl (C=O) groups is 1. The average Bonchev–Trinajstić information content (AvgIpc) is 2.73. The summed E-state index contributed by atoms with van der Waals surface area (Å²) in [6.45, 7) is 4.28. The lowest BCUT2D eigenvalue weighted by Gasteiger charge is -2.23. The van der Waals surface area contributed by atoms with Crippen molar-refractivity contribution in [1.82, 2.24) is 9.97 Å². The van der Waals surface area contributed by atoms with E-state index in [-0.39, 0.29) is 29.3 Å². The van der Waals surface area contributed by atoms with Crippen molar-refractivity contribution in [3.05, 3.63) is 46.3 Å². The van der Waals surface area contributed by atoms with Gasteiger partial charge in [-0.1, -0.05) is 33.1 Å². The van der Waals surface area contributed by atoms with E-state index in [4.69, 9.17) is 4.74 Å². The van der Waals surface area contributed by atoms with Gasteiger partial charge in [-0.25, -0.2) is 14.8 Å². The van der Waals surface area contributed by atoms with Gasteiger partial charge in [0, 0.05) is 11.7 Å². The zero-order chi connectivity index (χ0) is 21.5. The second-order valence-corrected chi connectivity index (χ2v) is 7.85. The normalized spacial score (nSPS) is 14.4. The Balaban J connectivity index is 1.74. The van der Waals surface area contributed by atoms with Gasteiger partial charge in [-0.15, -0.1) is 0 Å². The van der Waals surface area contributed by atoms with Crippen molar-refractivity contribution in [3.63, 3.8) is 0 Å². The van der Waals surface area contributed by atoms with Crippen LogP contribution in [0.25, 0.3) is 0 Å². The molecule has 0 spiro atoms. The molecule has 0 radical (unpaired) electrons. The lowest BCUT2D eigenvalue weighted by Crippen LogP contribution is -2.23. The molecule has 0 unspecified atom stereocenters. The molecular weight excluding hydrogens is 386 g/mol. The van der Waals surface area contributed by atoms with E-state index in [1.807, 2.05) is 13.8 Å². The van der Waals surface area contributed by atoms with E-state index in [1.165, 1.54) is 12.7 Å². The van der Waals surface area contributed by atoms with Crippen molar-refractivity contribution in [2.24, 2.45) is 5.92 Å². The fourth-order valence-corrected chi connectivity index (χ4v) is 3.34. The van der Waals surface area contributed by atoms with Gasteiger partial charge in [0.15, 0.2) is 0 Å². The summed E-state index contributed by atoms with van der Waals surface area (Å²) in [5, 5.41) is 17.9. The number of nitrogens with zero attached hydrogens (tertiary/aromatic N) is 3. The predicted molar refractivity (Wildman–Crippen MR) is 114 cm³/mol. The molecule has 0 saturated heterocycles. The molecule has 0 aliphatic heterocycles. The van der Waals surface area contributed by atoms with Crippen LogP contribution in [0, 0.1) is 16.0 Å². The van der Waals surface area contributed by atoms with Crippen LogP contribution in [0.3, 0.4) is 0 Å². The molecule has 1 heterocycles. The number of ether oxygens (including phenoxy) is 1. The Morgan fingerprint density at radius 3 is 2.47 bits per heavy atom. The first-order valence-corrected chi connectivity index (χ1v) is 10.2. The van der Waals surface area contributed by atoms with Crippen LogP contribution in [0.5, 0.6) is 0 Å². The van der Waals surface area contributed by atoms with Gasteiger partial charge in [0.05, 0.1) is 17.1 Å². The average molecular weight is 413 g/mol. The van der Waals surface area contributed by atoms with Crippen molar-refractivity contribution in [2.45, 2.75) is 52.0 Å². The number of carbonyl (C=O) groups excluding carboxylic acids is 1. The summed E-state index contributed by atoms with van der Waals surface area (Å²) in [5.41, 5.74) is 0.794. The van der Waals surface area contributed by atoms with Crippen LogP contribution in [-0.4, -0.2) is 33.5 Å². The Morgan fingerprint density at radius 1 is 1.17 bits per heavy atom. The van der Waals surface area contributed by atoms with E-state index in [9.17, 15) is 14.9 Å². The van der Waals surface area contributed by atoms with Crippen molar-refractivity contribution < 1.29 is 14.5 Å². The quantitative estimate of drug-likeness (QED) is 0.363. The highest BCUT2D eigenvalue weighted by Gasteiger charge is 2.25. The minimum atomic E-state index is -0.481. The summed E-state index contributed by atoms with van der Waals surface area (Å²) in [4.78, 5) is 31.4.